The zero-order valence-electron chi connectivity index (χ0n) is 17.1. The molecule has 6 rings (SSSR count). The van der Waals surface area contributed by atoms with Gasteiger partial charge in [-0.2, -0.15) is 0 Å². The molecular formula is C24H20N8. The van der Waals surface area contributed by atoms with Gasteiger partial charge < -0.3 is 19.9 Å². The Kier molecular flexibility index (Phi) is 4.21. The van der Waals surface area contributed by atoms with Crippen LogP contribution in [0.4, 0.5) is 0 Å². The van der Waals surface area contributed by atoms with Crippen molar-refractivity contribution in [1.29, 1.82) is 0 Å². The molecule has 4 heterocycles. The molecule has 8 nitrogen and oxygen atoms in total. The van der Waals surface area contributed by atoms with Crippen molar-refractivity contribution >= 4 is 22.1 Å². The molecule has 0 aliphatic heterocycles. The van der Waals surface area contributed by atoms with Crippen LogP contribution in [0.1, 0.15) is 24.0 Å². The molecule has 4 N–H and O–H groups in total. The van der Waals surface area contributed by atoms with Crippen LogP contribution in [0.15, 0.2) is 73.8 Å². The normalized spacial score (nSPS) is 11.7. The number of nitrogens with zero attached hydrogens (tertiary/aromatic N) is 4. The molecule has 0 saturated heterocycles. The van der Waals surface area contributed by atoms with Crippen molar-refractivity contribution in [3.05, 3.63) is 85.5 Å². The first-order valence-electron chi connectivity index (χ1n) is 10.4. The van der Waals surface area contributed by atoms with E-state index in [4.69, 9.17) is 9.97 Å². The predicted molar refractivity (Wildman–Crippen MR) is 124 cm³/mol. The highest BCUT2D eigenvalue weighted by atomic mass is 15.0. The van der Waals surface area contributed by atoms with Gasteiger partial charge in [-0.1, -0.05) is 6.08 Å². The molecule has 2 aromatic carbocycles. The molecular weight excluding hydrogens is 400 g/mol. The molecule has 8 heteroatoms. The molecule has 0 saturated carbocycles. The highest BCUT2D eigenvalue weighted by molar-refractivity contribution is 5.82. The number of imidazole rings is 4. The minimum Gasteiger partial charge on any atom is -0.345 e. The summed E-state index contributed by atoms with van der Waals surface area (Å²) in [5.74, 6) is 3.29. The van der Waals surface area contributed by atoms with Gasteiger partial charge in [-0.05, 0) is 42.8 Å². The van der Waals surface area contributed by atoms with Gasteiger partial charge in [-0.3, -0.25) is 0 Å². The van der Waals surface area contributed by atoms with E-state index < -0.39 is 0 Å². The van der Waals surface area contributed by atoms with Gasteiger partial charge in [-0.25, -0.2) is 19.9 Å². The molecule has 0 fully saturated rings. The predicted octanol–water partition coefficient (Wildman–Crippen LogP) is 4.93. The van der Waals surface area contributed by atoms with E-state index in [1.165, 1.54) is 0 Å². The quantitative estimate of drug-likeness (QED) is 0.286. The third-order valence-corrected chi connectivity index (χ3v) is 5.61. The molecule has 0 spiro atoms. The molecule has 0 atom stereocenters. The SMILES string of the molecule is C=CCC(c1nc2ccc(-c3ncc[nH]3)cc2[nH]1)c1nc2ccc(-c3ncc[nH]3)cc2[nH]1. The summed E-state index contributed by atoms with van der Waals surface area (Å²) in [7, 11) is 0. The van der Waals surface area contributed by atoms with Crippen LogP contribution in [0.3, 0.4) is 0 Å². The number of hydrogen-bond acceptors (Lipinski definition) is 4. The van der Waals surface area contributed by atoms with Crippen molar-refractivity contribution in [3.8, 4) is 22.8 Å². The van der Waals surface area contributed by atoms with Crippen molar-refractivity contribution in [1.82, 2.24) is 39.9 Å². The van der Waals surface area contributed by atoms with Crippen LogP contribution in [-0.2, 0) is 0 Å². The summed E-state index contributed by atoms with van der Waals surface area (Å²) in [6.07, 6.45) is 9.73. The average molecular weight is 420 g/mol. The Morgan fingerprint density at radius 3 is 1.75 bits per heavy atom. The fourth-order valence-electron chi connectivity index (χ4n) is 4.05. The standard InChI is InChI=1S/C24H20N8/c1-2-3-16(23-29-17-6-4-14(12-19(17)31-23)21-25-8-9-26-21)24-30-18-7-5-15(13-20(18)32-24)22-27-10-11-28-22/h2,4-13,16H,1,3H2,(H,25,26)(H,27,28)(H,29,31)(H,30,32). The Balaban J connectivity index is 1.40. The first-order valence-corrected chi connectivity index (χ1v) is 10.4. The second-order valence-corrected chi connectivity index (χ2v) is 7.66. The number of benzene rings is 2. The summed E-state index contributed by atoms with van der Waals surface area (Å²) in [6, 6.07) is 12.2. The molecule has 0 unspecified atom stereocenters. The summed E-state index contributed by atoms with van der Waals surface area (Å²) >= 11 is 0. The van der Waals surface area contributed by atoms with E-state index >= 15 is 0 Å². The maximum atomic E-state index is 4.85. The van der Waals surface area contributed by atoms with E-state index in [0.717, 1.165) is 56.5 Å². The molecule has 0 aliphatic rings. The number of aromatic amines is 4. The Morgan fingerprint density at radius 2 is 1.31 bits per heavy atom. The van der Waals surface area contributed by atoms with Crippen molar-refractivity contribution in [2.24, 2.45) is 0 Å². The number of nitrogens with one attached hydrogen (secondary N) is 4. The average Bonchev–Trinajstić information content (AvgIpc) is 3.62. The fraction of sp³-hybridized carbons (Fsp3) is 0.0833. The van der Waals surface area contributed by atoms with E-state index in [1.54, 1.807) is 12.4 Å². The van der Waals surface area contributed by atoms with Gasteiger partial charge in [0.1, 0.15) is 23.3 Å². The zero-order valence-corrected chi connectivity index (χ0v) is 17.1. The molecule has 0 radical (unpaired) electrons. The third kappa shape index (κ3) is 3.09. The Labute approximate surface area is 182 Å². The van der Waals surface area contributed by atoms with Crippen molar-refractivity contribution in [3.63, 3.8) is 0 Å². The lowest BCUT2D eigenvalue weighted by Gasteiger charge is -2.08. The van der Waals surface area contributed by atoms with Gasteiger partial charge >= 0.3 is 0 Å². The minimum atomic E-state index is -0.0635. The number of fused-ring (bicyclic) bond motifs is 2. The summed E-state index contributed by atoms with van der Waals surface area (Å²) < 4.78 is 0. The second kappa shape index (κ2) is 7.35. The van der Waals surface area contributed by atoms with E-state index in [1.807, 2.05) is 42.7 Å². The molecule has 0 aliphatic carbocycles. The van der Waals surface area contributed by atoms with Gasteiger partial charge in [-0.15, -0.1) is 6.58 Å². The largest absolute Gasteiger partial charge is 0.345 e. The summed E-state index contributed by atoms with van der Waals surface area (Å²) in [5, 5.41) is 0. The number of H-pyrrole nitrogens is 4. The molecule has 32 heavy (non-hydrogen) atoms. The Hall–Kier alpha value is -4.46. The van der Waals surface area contributed by atoms with E-state index in [9.17, 15) is 0 Å². The van der Waals surface area contributed by atoms with Crippen LogP contribution in [-0.4, -0.2) is 39.9 Å². The van der Waals surface area contributed by atoms with E-state index in [-0.39, 0.29) is 5.92 Å². The highest BCUT2D eigenvalue weighted by Gasteiger charge is 2.21. The summed E-state index contributed by atoms with van der Waals surface area (Å²) in [6.45, 7) is 3.95. The van der Waals surface area contributed by atoms with E-state index in [2.05, 4.69) is 48.6 Å². The van der Waals surface area contributed by atoms with Crippen LogP contribution >= 0.6 is 0 Å². The first kappa shape index (κ1) is 18.3. The van der Waals surface area contributed by atoms with Crippen LogP contribution < -0.4 is 0 Å². The lowest BCUT2D eigenvalue weighted by Crippen LogP contribution is -2.04. The summed E-state index contributed by atoms with van der Waals surface area (Å²) in [4.78, 5) is 31.6. The lowest BCUT2D eigenvalue weighted by atomic mass is 10.0. The van der Waals surface area contributed by atoms with Gasteiger partial charge in [0, 0.05) is 35.9 Å². The van der Waals surface area contributed by atoms with Crippen LogP contribution in [0.2, 0.25) is 0 Å². The molecule has 156 valence electrons. The number of rotatable bonds is 6. The third-order valence-electron chi connectivity index (χ3n) is 5.61. The fourth-order valence-corrected chi connectivity index (χ4v) is 4.05. The monoisotopic (exact) mass is 420 g/mol. The smallest absolute Gasteiger partial charge is 0.137 e. The molecule has 0 amide bonds. The molecule has 6 aromatic rings. The van der Waals surface area contributed by atoms with Crippen LogP contribution in [0, 0.1) is 0 Å². The van der Waals surface area contributed by atoms with Gasteiger partial charge in [0.25, 0.3) is 0 Å². The number of allylic oxidation sites excluding steroid dienone is 1. The van der Waals surface area contributed by atoms with Gasteiger partial charge in [0.2, 0.25) is 0 Å². The van der Waals surface area contributed by atoms with Crippen LogP contribution in [0.25, 0.3) is 44.8 Å². The van der Waals surface area contributed by atoms with E-state index in [0.29, 0.717) is 6.42 Å². The first-order chi connectivity index (χ1) is 15.8. The van der Waals surface area contributed by atoms with Crippen molar-refractivity contribution < 1.29 is 0 Å². The summed E-state index contributed by atoms with van der Waals surface area (Å²) in [5.41, 5.74) is 5.74. The van der Waals surface area contributed by atoms with Gasteiger partial charge in [0.15, 0.2) is 0 Å². The van der Waals surface area contributed by atoms with Gasteiger partial charge in [0.05, 0.1) is 28.0 Å². The number of hydrogen-bond donors (Lipinski definition) is 4. The Morgan fingerprint density at radius 1 is 0.781 bits per heavy atom. The highest BCUT2D eigenvalue weighted by Crippen LogP contribution is 2.30. The molecule has 4 aromatic heterocycles. The van der Waals surface area contributed by atoms with Crippen molar-refractivity contribution in [2.45, 2.75) is 12.3 Å². The lowest BCUT2D eigenvalue weighted by molar-refractivity contribution is 0.730. The maximum Gasteiger partial charge on any atom is 0.137 e. The maximum absolute atomic E-state index is 4.85. The zero-order chi connectivity index (χ0) is 21.5. The second-order valence-electron chi connectivity index (χ2n) is 7.66. The minimum absolute atomic E-state index is 0.0635. The molecule has 0 bridgehead atoms. The Bertz CT molecular complexity index is 1410. The van der Waals surface area contributed by atoms with Crippen molar-refractivity contribution in [2.75, 3.05) is 0 Å². The topological polar surface area (TPSA) is 115 Å². The van der Waals surface area contributed by atoms with Crippen LogP contribution in [0.5, 0.6) is 0 Å². The number of aromatic nitrogens is 8.